The first-order valence-electron chi connectivity index (χ1n) is 25.6. The van der Waals surface area contributed by atoms with Gasteiger partial charge in [0.1, 0.15) is 46.8 Å². The molecular weight excluding hydrogens is 919 g/mol. The highest BCUT2D eigenvalue weighted by atomic mass is 16.5. The number of nitrogens with zero attached hydrogens (tertiary/aromatic N) is 8. The normalized spacial score (nSPS) is 22.2. The van der Waals surface area contributed by atoms with Crippen LogP contribution in [0.1, 0.15) is 133 Å². The number of ketones is 2. The van der Waals surface area contributed by atoms with Crippen LogP contribution in [0.4, 0.5) is 0 Å². The van der Waals surface area contributed by atoms with Crippen LogP contribution in [0.15, 0.2) is 94.5 Å². The number of hydrogen-bond donors (Lipinski definition) is 3. The number of aliphatic hydroxyl groups excluding tert-OH is 2. The molecule has 6 aromatic rings. The minimum atomic E-state index is -0.707. The van der Waals surface area contributed by atoms with E-state index in [1.807, 2.05) is 76.0 Å². The Kier molecular flexibility index (Phi) is 17.1. The largest absolute Gasteiger partial charge is 0.385 e. The average molecular weight is 990 g/mol. The Morgan fingerprint density at radius 1 is 0.671 bits per heavy atom. The second-order valence-corrected chi connectivity index (χ2v) is 20.2. The average Bonchev–Trinajstić information content (AvgIpc) is 4.03. The lowest BCUT2D eigenvalue weighted by atomic mass is 10.1. The van der Waals surface area contributed by atoms with Crippen molar-refractivity contribution in [3.05, 3.63) is 120 Å². The summed E-state index contributed by atoms with van der Waals surface area (Å²) in [5.41, 5.74) is 11.4. The van der Waals surface area contributed by atoms with E-state index in [0.717, 1.165) is 86.5 Å². The quantitative estimate of drug-likeness (QED) is 0.0699. The number of fused-ring (bicyclic) bond motifs is 2. The van der Waals surface area contributed by atoms with Gasteiger partial charge in [0.05, 0.1) is 12.1 Å². The number of carbonyl (C=O) groups excluding carboxylic acids is 2. The third-order valence-electron chi connectivity index (χ3n) is 14.8. The Bertz CT molecular complexity index is 2700. The summed E-state index contributed by atoms with van der Waals surface area (Å²) in [5.74, 6) is 20.5. The van der Waals surface area contributed by atoms with Crippen molar-refractivity contribution in [1.82, 2.24) is 39.2 Å². The van der Waals surface area contributed by atoms with Crippen molar-refractivity contribution in [3.8, 4) is 46.3 Å². The molecule has 2 aliphatic carbocycles. The van der Waals surface area contributed by atoms with Gasteiger partial charge in [-0.15, -0.1) is 0 Å². The fourth-order valence-electron chi connectivity index (χ4n) is 10.8. The fraction of sp³-hybridized carbons (Fsp3) is 0.483. The lowest BCUT2D eigenvalue weighted by Gasteiger charge is -2.17. The number of aromatic nitrogens is 6. The van der Waals surface area contributed by atoms with Crippen LogP contribution in [-0.4, -0.2) is 107 Å². The molecule has 4 N–H and O–H groups in total. The summed E-state index contributed by atoms with van der Waals surface area (Å²) in [6.07, 6.45) is 9.76. The minimum Gasteiger partial charge on any atom is -0.385 e. The second kappa shape index (κ2) is 23.6. The van der Waals surface area contributed by atoms with Crippen molar-refractivity contribution in [3.63, 3.8) is 0 Å². The molecule has 384 valence electrons. The molecule has 2 saturated carbocycles. The first-order chi connectivity index (χ1) is 34.9. The summed E-state index contributed by atoms with van der Waals surface area (Å²) in [5, 5.41) is 28.6. The molecule has 4 aromatic heterocycles. The van der Waals surface area contributed by atoms with Gasteiger partial charge in [0.25, 0.3) is 0 Å². The van der Waals surface area contributed by atoms with E-state index in [1.165, 1.54) is 0 Å². The predicted molar refractivity (Wildman–Crippen MR) is 279 cm³/mol. The second-order valence-electron chi connectivity index (χ2n) is 20.2. The zero-order valence-corrected chi connectivity index (χ0v) is 42.0. The van der Waals surface area contributed by atoms with Crippen LogP contribution in [-0.2, 0) is 9.59 Å². The highest BCUT2D eigenvalue weighted by Gasteiger charge is 2.55. The molecule has 0 amide bonds. The van der Waals surface area contributed by atoms with E-state index in [2.05, 4.69) is 60.7 Å². The van der Waals surface area contributed by atoms with Crippen molar-refractivity contribution in [1.29, 1.82) is 0 Å². The molecule has 4 fully saturated rings. The molecule has 2 saturated heterocycles. The molecule has 4 aliphatic rings. The predicted octanol–water partition coefficient (Wildman–Crippen LogP) is 8.16. The number of rotatable bonds is 18. The first-order valence-corrected chi connectivity index (χ1v) is 25.6. The zero-order valence-electron chi connectivity index (χ0n) is 42.0. The monoisotopic (exact) mass is 990 g/mol. The van der Waals surface area contributed by atoms with Crippen LogP contribution in [0.2, 0.25) is 0 Å². The van der Waals surface area contributed by atoms with E-state index in [1.54, 1.807) is 46.3 Å². The van der Waals surface area contributed by atoms with Gasteiger partial charge in [-0.1, -0.05) is 48.3 Å². The van der Waals surface area contributed by atoms with Crippen LogP contribution < -0.4 is 5.73 Å². The SMILES string of the molecule is C.CC(=O)CCCN1C[C@@H]2C(C#Cc3ccc(-c4cc([C@@H](CN)n5ccnc5[C@H](C)O)no4)cc3)[C@@H]2C1.CC[C@H](c1cc(-c2ccc(C#CC3[C@H]4CN(CCCC(C)=O)C[C@@H]34)cc2)on1)n1ccnc1[C@H](C)O. The number of nitrogens with two attached hydrogens (primary N) is 1. The lowest BCUT2D eigenvalue weighted by molar-refractivity contribution is -0.118. The number of imidazole rings is 2. The highest BCUT2D eigenvalue weighted by Crippen LogP contribution is 2.52. The van der Waals surface area contributed by atoms with Gasteiger partial charge >= 0.3 is 0 Å². The highest BCUT2D eigenvalue weighted by molar-refractivity contribution is 5.75. The maximum absolute atomic E-state index is 11.1. The van der Waals surface area contributed by atoms with Crippen molar-refractivity contribution in [2.75, 3.05) is 45.8 Å². The van der Waals surface area contributed by atoms with Crippen LogP contribution in [0, 0.1) is 59.2 Å². The smallest absolute Gasteiger partial charge is 0.167 e. The number of benzene rings is 2. The molecule has 6 heterocycles. The summed E-state index contributed by atoms with van der Waals surface area (Å²) in [7, 11) is 0. The number of likely N-dealkylation sites (tertiary alicyclic amines) is 2. The summed E-state index contributed by atoms with van der Waals surface area (Å²) >= 11 is 0. The van der Waals surface area contributed by atoms with E-state index in [9.17, 15) is 19.8 Å². The molecule has 73 heavy (non-hydrogen) atoms. The molecule has 0 bridgehead atoms. The summed E-state index contributed by atoms with van der Waals surface area (Å²) < 4.78 is 15.1. The van der Waals surface area contributed by atoms with Crippen LogP contribution >= 0.6 is 0 Å². The summed E-state index contributed by atoms with van der Waals surface area (Å²) in [4.78, 5) is 35.7. The third kappa shape index (κ3) is 12.5. The fourth-order valence-corrected chi connectivity index (χ4v) is 10.8. The van der Waals surface area contributed by atoms with Gasteiger partial charge in [-0.25, -0.2) is 9.97 Å². The van der Waals surface area contributed by atoms with Crippen LogP contribution in [0.3, 0.4) is 0 Å². The zero-order chi connectivity index (χ0) is 50.5. The Labute approximate surface area is 429 Å². The van der Waals surface area contributed by atoms with E-state index in [0.29, 0.717) is 83.8 Å². The topological polar surface area (TPSA) is 195 Å². The summed E-state index contributed by atoms with van der Waals surface area (Å²) in [6, 6.07) is 19.7. The third-order valence-corrected chi connectivity index (χ3v) is 14.8. The molecule has 2 unspecified atom stereocenters. The molecule has 2 aliphatic heterocycles. The Morgan fingerprint density at radius 3 is 1.44 bits per heavy atom. The lowest BCUT2D eigenvalue weighted by Crippen LogP contribution is -2.25. The molecule has 10 atom stereocenters. The molecule has 0 spiro atoms. The molecular formula is C58H71N9O6. The van der Waals surface area contributed by atoms with Crippen LogP contribution in [0.25, 0.3) is 22.6 Å². The van der Waals surface area contributed by atoms with Crippen molar-refractivity contribution >= 4 is 11.6 Å². The van der Waals surface area contributed by atoms with Gasteiger partial charge in [0, 0.05) is 117 Å². The van der Waals surface area contributed by atoms with E-state index in [4.69, 9.17) is 14.8 Å². The van der Waals surface area contributed by atoms with Gasteiger partial charge < -0.3 is 53.5 Å². The maximum atomic E-state index is 11.1. The van der Waals surface area contributed by atoms with Crippen molar-refractivity contribution < 1.29 is 28.8 Å². The summed E-state index contributed by atoms with van der Waals surface area (Å²) in [6.45, 7) is 15.6. The Balaban J connectivity index is 0.000000192. The van der Waals surface area contributed by atoms with Crippen molar-refractivity contribution in [2.24, 2.45) is 41.2 Å². The Morgan fingerprint density at radius 2 is 1.07 bits per heavy atom. The van der Waals surface area contributed by atoms with Gasteiger partial charge in [0.15, 0.2) is 11.5 Å². The standard InChI is InChI=1S/C29H34N4O3.C28H33N5O3.CH4/c1-4-27(33-15-13-30-29(33)20(3)35)26-16-28(36-31-26)22-10-7-21(8-11-22)9-12-23-24-17-32(18-25(23)24)14-5-6-19(2)34;1-18(34)4-3-12-32-16-23-22(24(23)17-32)10-7-20-5-8-21(9-6-20)27-14-25(31-36-27)26(15-29)33-13-11-30-28(33)19(2)35;/h7-8,10-11,13,15-16,20,23-25,27,35H,4-6,14,17-18H2,1-3H3;5-6,8-9,11,13-14,19,22-24,26,35H,3-4,12,15-17,29H2,1-2H3;1H4/t20-,23?,24-,25+,27+;19-,22?,23-,24+,26+;/m00./s1. The number of hydrogen-bond acceptors (Lipinski definition) is 13. The molecule has 15 heteroatoms. The van der Waals surface area contributed by atoms with Gasteiger partial charge in [0.2, 0.25) is 0 Å². The van der Waals surface area contributed by atoms with Gasteiger partial charge in [-0.05, 0) is 132 Å². The minimum absolute atomic E-state index is 0. The van der Waals surface area contributed by atoms with E-state index in [-0.39, 0.29) is 31.1 Å². The van der Waals surface area contributed by atoms with Gasteiger partial charge in [-0.2, -0.15) is 0 Å². The number of carbonyl (C=O) groups is 2. The Hall–Kier alpha value is -6.46. The molecule has 10 rings (SSSR count). The first kappa shape index (κ1) is 52.9. The maximum Gasteiger partial charge on any atom is 0.167 e. The number of aliphatic hydroxyl groups is 2. The number of Topliss-reactive ketones (excluding diaryl/α,β-unsaturated/α-hetero) is 2. The molecule has 15 nitrogen and oxygen atoms in total. The molecule has 0 radical (unpaired) electrons. The van der Waals surface area contributed by atoms with Crippen molar-refractivity contribution in [2.45, 2.75) is 98.4 Å². The van der Waals surface area contributed by atoms with Crippen LogP contribution in [0.5, 0.6) is 0 Å². The molecule has 2 aromatic carbocycles. The van der Waals surface area contributed by atoms with E-state index >= 15 is 0 Å². The van der Waals surface area contributed by atoms with E-state index < -0.39 is 12.2 Å². The van der Waals surface area contributed by atoms with Gasteiger partial charge in [-0.3, -0.25) is 0 Å². The number of piperidine rings is 2.